The molecule has 2 N–H and O–H groups in total. The number of nitrogens with one attached hydrogen (secondary N) is 2. The predicted molar refractivity (Wildman–Crippen MR) is 67.7 cm³/mol. The predicted octanol–water partition coefficient (Wildman–Crippen LogP) is 3.08. The molecule has 0 atom stereocenters. The van der Waals surface area contributed by atoms with Crippen molar-refractivity contribution >= 4 is 11.6 Å². The summed E-state index contributed by atoms with van der Waals surface area (Å²) in [5.74, 6) is -0.624. The first kappa shape index (κ1) is 15.5. The molecule has 0 aliphatic heterocycles. The van der Waals surface area contributed by atoms with E-state index >= 15 is 0 Å². The minimum absolute atomic E-state index is 0.552. The topological polar surface area (TPSA) is 41.1 Å². The molecule has 0 aliphatic carbocycles. The second-order valence-corrected chi connectivity index (χ2v) is 4.10. The normalized spacial score (nSPS) is 11.4. The third-order valence-corrected chi connectivity index (χ3v) is 2.49. The van der Waals surface area contributed by atoms with E-state index in [4.69, 9.17) is 0 Å². The second-order valence-electron chi connectivity index (χ2n) is 4.10. The van der Waals surface area contributed by atoms with E-state index in [0.29, 0.717) is 12.2 Å². The van der Waals surface area contributed by atoms with Gasteiger partial charge in [-0.1, -0.05) is 25.1 Å². The Morgan fingerprint density at radius 3 is 2.58 bits per heavy atom. The Bertz CT molecular complexity index is 419. The minimum atomic E-state index is -4.30. The average Bonchev–Trinajstić information content (AvgIpc) is 2.34. The van der Waals surface area contributed by atoms with E-state index in [1.165, 1.54) is 0 Å². The lowest BCUT2D eigenvalue weighted by molar-refractivity contribution is -0.142. The number of benzene rings is 1. The van der Waals surface area contributed by atoms with Gasteiger partial charge >= 0.3 is 6.18 Å². The molecule has 0 aliphatic rings. The van der Waals surface area contributed by atoms with Crippen molar-refractivity contribution in [3.05, 3.63) is 29.8 Å². The Labute approximate surface area is 110 Å². The fourth-order valence-corrected chi connectivity index (χ4v) is 1.52. The van der Waals surface area contributed by atoms with Crippen molar-refractivity contribution in [2.45, 2.75) is 32.5 Å². The fourth-order valence-electron chi connectivity index (χ4n) is 1.52. The molecule has 0 aromatic heterocycles. The third-order valence-electron chi connectivity index (χ3n) is 2.49. The van der Waals surface area contributed by atoms with Gasteiger partial charge < -0.3 is 10.6 Å². The van der Waals surface area contributed by atoms with Crippen LogP contribution in [-0.4, -0.2) is 18.6 Å². The van der Waals surface area contributed by atoms with E-state index < -0.39 is 24.9 Å². The van der Waals surface area contributed by atoms with Crippen LogP contribution in [0.5, 0.6) is 0 Å². The average molecular weight is 274 g/mol. The van der Waals surface area contributed by atoms with Crippen LogP contribution >= 0.6 is 0 Å². The highest BCUT2D eigenvalue weighted by Crippen LogP contribution is 2.22. The van der Waals surface area contributed by atoms with Crippen LogP contribution in [0, 0.1) is 0 Å². The maximum Gasteiger partial charge on any atom is 0.389 e. The zero-order valence-corrected chi connectivity index (χ0v) is 10.7. The van der Waals surface area contributed by atoms with Crippen molar-refractivity contribution in [3.8, 4) is 0 Å². The molecule has 0 spiro atoms. The lowest BCUT2D eigenvalue weighted by atomic mass is 10.1. The fraction of sp³-hybridized carbons (Fsp3) is 0.462. The largest absolute Gasteiger partial charge is 0.389 e. The van der Waals surface area contributed by atoms with Crippen molar-refractivity contribution in [2.24, 2.45) is 0 Å². The molecule has 1 aromatic rings. The minimum Gasteiger partial charge on any atom is -0.326 e. The van der Waals surface area contributed by atoms with Gasteiger partial charge in [-0.25, -0.2) is 0 Å². The standard InChI is InChI=1S/C13H17F3N2O/c1-2-17-9-10-5-3-4-6-11(10)18-12(19)7-8-13(14,15)16/h3-6,17H,2,7-9H2,1H3,(H,18,19). The van der Waals surface area contributed by atoms with E-state index in [0.717, 1.165) is 12.1 Å². The van der Waals surface area contributed by atoms with Crippen LogP contribution in [0.15, 0.2) is 24.3 Å². The molecule has 0 heterocycles. The maximum absolute atomic E-state index is 12.0. The van der Waals surface area contributed by atoms with E-state index in [9.17, 15) is 18.0 Å². The van der Waals surface area contributed by atoms with Crippen molar-refractivity contribution in [2.75, 3.05) is 11.9 Å². The number of hydrogen-bond donors (Lipinski definition) is 2. The summed E-state index contributed by atoms with van der Waals surface area (Å²) in [5.41, 5.74) is 1.40. The third kappa shape index (κ3) is 6.24. The molecule has 1 aromatic carbocycles. The van der Waals surface area contributed by atoms with Crippen LogP contribution in [0.3, 0.4) is 0 Å². The van der Waals surface area contributed by atoms with Gasteiger partial charge in [-0.05, 0) is 18.2 Å². The SMILES string of the molecule is CCNCc1ccccc1NC(=O)CCC(F)(F)F. The molecule has 6 heteroatoms. The molecule has 19 heavy (non-hydrogen) atoms. The Balaban J connectivity index is 2.58. The van der Waals surface area contributed by atoms with Gasteiger partial charge in [0.25, 0.3) is 0 Å². The molecule has 0 saturated heterocycles. The van der Waals surface area contributed by atoms with Crippen molar-refractivity contribution in [1.82, 2.24) is 5.32 Å². The smallest absolute Gasteiger partial charge is 0.326 e. The monoisotopic (exact) mass is 274 g/mol. The molecule has 106 valence electrons. The highest BCUT2D eigenvalue weighted by atomic mass is 19.4. The molecule has 0 bridgehead atoms. The molecule has 0 saturated carbocycles. The van der Waals surface area contributed by atoms with Crippen LogP contribution in [0.1, 0.15) is 25.3 Å². The van der Waals surface area contributed by atoms with Crippen molar-refractivity contribution in [3.63, 3.8) is 0 Å². The summed E-state index contributed by atoms with van der Waals surface area (Å²) < 4.78 is 36.0. The van der Waals surface area contributed by atoms with Gasteiger partial charge in [-0.3, -0.25) is 4.79 Å². The van der Waals surface area contributed by atoms with Gasteiger partial charge in [0.05, 0.1) is 6.42 Å². The zero-order valence-electron chi connectivity index (χ0n) is 10.7. The number of amides is 1. The van der Waals surface area contributed by atoms with Crippen LogP contribution in [0.25, 0.3) is 0 Å². The molecule has 0 radical (unpaired) electrons. The highest BCUT2D eigenvalue weighted by Gasteiger charge is 2.27. The van der Waals surface area contributed by atoms with Gasteiger partial charge in [0.2, 0.25) is 5.91 Å². The van der Waals surface area contributed by atoms with Gasteiger partial charge in [0.15, 0.2) is 0 Å². The number of carbonyl (C=O) groups is 1. The molecule has 0 unspecified atom stereocenters. The summed E-state index contributed by atoms with van der Waals surface area (Å²) in [5, 5.41) is 5.62. The first-order valence-corrected chi connectivity index (χ1v) is 6.07. The Hall–Kier alpha value is -1.56. The highest BCUT2D eigenvalue weighted by molar-refractivity contribution is 5.91. The number of rotatable bonds is 6. The number of halogens is 3. The van der Waals surface area contributed by atoms with Crippen LogP contribution < -0.4 is 10.6 Å². The summed E-state index contributed by atoms with van der Waals surface area (Å²) in [6.45, 7) is 3.28. The first-order valence-electron chi connectivity index (χ1n) is 6.07. The lowest BCUT2D eigenvalue weighted by Crippen LogP contribution is -2.19. The van der Waals surface area contributed by atoms with E-state index in [-0.39, 0.29) is 0 Å². The molecule has 1 amide bonds. The summed E-state index contributed by atoms with van der Waals surface area (Å²) in [6, 6.07) is 7.05. The number of carbonyl (C=O) groups excluding carboxylic acids is 1. The summed E-state index contributed by atoms with van der Waals surface area (Å²) in [4.78, 5) is 11.5. The van der Waals surface area contributed by atoms with E-state index in [1.807, 2.05) is 19.1 Å². The molecular formula is C13H17F3N2O. The Morgan fingerprint density at radius 2 is 1.95 bits per heavy atom. The number of hydrogen-bond acceptors (Lipinski definition) is 2. The number of para-hydroxylation sites is 1. The van der Waals surface area contributed by atoms with Gasteiger partial charge in [0, 0.05) is 18.7 Å². The Kier molecular flexibility index (Phi) is 5.82. The molecule has 0 fully saturated rings. The lowest BCUT2D eigenvalue weighted by Gasteiger charge is -2.12. The number of anilines is 1. The quantitative estimate of drug-likeness (QED) is 0.837. The van der Waals surface area contributed by atoms with Crippen LogP contribution in [-0.2, 0) is 11.3 Å². The molecule has 3 nitrogen and oxygen atoms in total. The molecular weight excluding hydrogens is 257 g/mol. The Morgan fingerprint density at radius 1 is 1.26 bits per heavy atom. The first-order chi connectivity index (χ1) is 8.92. The van der Waals surface area contributed by atoms with E-state index in [1.54, 1.807) is 12.1 Å². The van der Waals surface area contributed by atoms with Crippen molar-refractivity contribution in [1.29, 1.82) is 0 Å². The van der Waals surface area contributed by atoms with Gasteiger partial charge in [0.1, 0.15) is 0 Å². The summed E-state index contributed by atoms with van der Waals surface area (Å²) in [6.07, 6.45) is -5.96. The summed E-state index contributed by atoms with van der Waals surface area (Å²) >= 11 is 0. The van der Waals surface area contributed by atoms with Gasteiger partial charge in [-0.2, -0.15) is 13.2 Å². The second kappa shape index (κ2) is 7.13. The summed E-state index contributed by atoms with van der Waals surface area (Å²) in [7, 11) is 0. The zero-order chi connectivity index (χ0) is 14.3. The molecule has 1 rings (SSSR count). The van der Waals surface area contributed by atoms with Crippen LogP contribution in [0.4, 0.5) is 18.9 Å². The van der Waals surface area contributed by atoms with Crippen molar-refractivity contribution < 1.29 is 18.0 Å². The number of alkyl halides is 3. The maximum atomic E-state index is 12.0. The van der Waals surface area contributed by atoms with Crippen LogP contribution in [0.2, 0.25) is 0 Å². The van der Waals surface area contributed by atoms with Gasteiger partial charge in [-0.15, -0.1) is 0 Å². The van der Waals surface area contributed by atoms with E-state index in [2.05, 4.69) is 10.6 Å².